The second-order valence-corrected chi connectivity index (χ2v) is 13.2. The van der Waals surface area contributed by atoms with Crippen LogP contribution in [0.5, 0.6) is 0 Å². The first-order chi connectivity index (χ1) is 26.7. The summed E-state index contributed by atoms with van der Waals surface area (Å²) in [6.45, 7) is 4.26. The minimum absolute atomic E-state index is 0.484. The second kappa shape index (κ2) is 14.4. The number of fused-ring (bicyclic) bond motifs is 3. The van der Waals surface area contributed by atoms with Crippen LogP contribution in [-0.4, -0.2) is 14.7 Å². The van der Waals surface area contributed by atoms with Gasteiger partial charge in [-0.2, -0.15) is 4.98 Å². The number of allylic oxidation sites excluding steroid dienone is 9. The first-order valence-electron chi connectivity index (χ1n) is 18.1. The molecule has 5 heteroatoms. The Labute approximate surface area is 314 Å². The van der Waals surface area contributed by atoms with E-state index in [1.807, 2.05) is 54.6 Å². The molecule has 0 saturated carbocycles. The van der Waals surface area contributed by atoms with Gasteiger partial charge in [0.05, 0.1) is 11.0 Å². The molecule has 54 heavy (non-hydrogen) atoms. The van der Waals surface area contributed by atoms with Crippen LogP contribution in [0.4, 0.5) is 17.1 Å². The van der Waals surface area contributed by atoms with Crippen molar-refractivity contribution >= 4 is 44.4 Å². The zero-order valence-electron chi connectivity index (χ0n) is 29.6. The lowest BCUT2D eigenvalue weighted by Gasteiger charge is -2.26. The van der Waals surface area contributed by atoms with Crippen molar-refractivity contribution in [3.05, 3.63) is 212 Å². The summed E-state index contributed by atoms with van der Waals surface area (Å²) in [6.07, 6.45) is 15.8. The van der Waals surface area contributed by atoms with Crippen molar-refractivity contribution in [2.75, 3.05) is 4.90 Å². The number of benzene rings is 6. The molecule has 5 nitrogen and oxygen atoms in total. The summed E-state index contributed by atoms with van der Waals surface area (Å²) in [5.41, 5.74) is 11.6. The fourth-order valence-electron chi connectivity index (χ4n) is 7.09. The SMILES string of the molecule is C=C1C=C(c2ccc3c(c2)c2ccccc2n3-c2ccc(N(c3ccccc3)c3ccc(-c4nc(-c5ccccc5)no4)cc3)cc2)/C=C\C/C=C\C=C/1. The molecule has 2 heterocycles. The second-order valence-electron chi connectivity index (χ2n) is 13.2. The van der Waals surface area contributed by atoms with Crippen LogP contribution in [0.15, 0.2) is 211 Å². The van der Waals surface area contributed by atoms with Gasteiger partial charge in [0.1, 0.15) is 0 Å². The van der Waals surface area contributed by atoms with Gasteiger partial charge in [0, 0.05) is 44.6 Å². The molecule has 8 aromatic rings. The van der Waals surface area contributed by atoms with Crippen LogP contribution in [0.3, 0.4) is 0 Å². The first-order valence-corrected chi connectivity index (χ1v) is 18.1. The third-order valence-electron chi connectivity index (χ3n) is 9.68. The van der Waals surface area contributed by atoms with Crippen LogP contribution in [0.25, 0.3) is 55.9 Å². The maximum absolute atomic E-state index is 5.65. The van der Waals surface area contributed by atoms with Crippen LogP contribution < -0.4 is 4.90 Å². The maximum Gasteiger partial charge on any atom is 0.258 e. The summed E-state index contributed by atoms with van der Waals surface area (Å²) in [7, 11) is 0. The van der Waals surface area contributed by atoms with Crippen LogP contribution in [-0.2, 0) is 0 Å². The quantitative estimate of drug-likeness (QED) is 0.166. The Bertz CT molecular complexity index is 2730. The molecule has 0 bridgehead atoms. The summed E-state index contributed by atoms with van der Waals surface area (Å²) in [5, 5.41) is 6.64. The zero-order valence-corrected chi connectivity index (χ0v) is 29.6. The number of hydrogen-bond donors (Lipinski definition) is 0. The first kappa shape index (κ1) is 32.7. The number of nitrogens with zero attached hydrogens (tertiary/aromatic N) is 4. The lowest BCUT2D eigenvalue weighted by Crippen LogP contribution is -2.10. The molecular formula is C49H36N4O. The van der Waals surface area contributed by atoms with Gasteiger partial charge in [-0.15, -0.1) is 0 Å². The summed E-state index contributed by atoms with van der Waals surface area (Å²) in [5.74, 6) is 1.06. The van der Waals surface area contributed by atoms with Crippen molar-refractivity contribution in [2.45, 2.75) is 6.42 Å². The standard InChI is InChI=1S/C49H36N4O/c1-35-15-7-3-2-4-8-18-38(33-35)39-25-32-47-45(34-39)44-21-13-14-22-46(44)53(47)43-30-28-42(29-31-43)52(40-19-11-6-12-20-40)41-26-23-37(24-27-41)49-50-48(51-54-49)36-16-9-5-10-17-36/h2-3,5-34H,1,4H2/b3-2-,15-7-,18-8-,38-33?. The highest BCUT2D eigenvalue weighted by atomic mass is 16.5. The zero-order chi connectivity index (χ0) is 36.3. The molecule has 0 amide bonds. The Morgan fingerprint density at radius 1 is 0.574 bits per heavy atom. The third kappa shape index (κ3) is 6.40. The van der Waals surface area contributed by atoms with Gasteiger partial charge in [0.25, 0.3) is 5.89 Å². The van der Waals surface area contributed by atoms with E-state index in [1.165, 1.54) is 10.8 Å². The number of para-hydroxylation sites is 2. The Morgan fingerprint density at radius 2 is 1.24 bits per heavy atom. The van der Waals surface area contributed by atoms with E-state index in [1.54, 1.807) is 0 Å². The maximum atomic E-state index is 5.65. The van der Waals surface area contributed by atoms with Gasteiger partial charge in [0.2, 0.25) is 5.82 Å². The van der Waals surface area contributed by atoms with Crippen molar-refractivity contribution in [3.8, 4) is 28.5 Å². The van der Waals surface area contributed by atoms with E-state index < -0.39 is 0 Å². The fourth-order valence-corrected chi connectivity index (χ4v) is 7.09. The van der Waals surface area contributed by atoms with Crippen molar-refractivity contribution < 1.29 is 4.52 Å². The number of rotatable bonds is 7. The summed E-state index contributed by atoms with van der Waals surface area (Å²) < 4.78 is 8.01. The van der Waals surface area contributed by atoms with E-state index in [2.05, 4.69) is 166 Å². The van der Waals surface area contributed by atoms with Crippen molar-refractivity contribution in [2.24, 2.45) is 0 Å². The molecule has 0 unspecified atom stereocenters. The summed E-state index contributed by atoms with van der Waals surface area (Å²) in [6, 6.07) is 52.8. The Hall–Kier alpha value is -7.24. The van der Waals surface area contributed by atoms with Crippen molar-refractivity contribution in [1.82, 2.24) is 14.7 Å². The van der Waals surface area contributed by atoms with Gasteiger partial charge in [-0.1, -0.05) is 121 Å². The van der Waals surface area contributed by atoms with E-state index in [0.717, 1.165) is 68.0 Å². The van der Waals surface area contributed by atoms with Gasteiger partial charge >= 0.3 is 0 Å². The van der Waals surface area contributed by atoms with Gasteiger partial charge < -0.3 is 14.0 Å². The fraction of sp³-hybridized carbons (Fsp3) is 0.0204. The van der Waals surface area contributed by atoms with Gasteiger partial charge in [-0.25, -0.2) is 0 Å². The van der Waals surface area contributed by atoms with Gasteiger partial charge in [0.15, 0.2) is 0 Å². The molecule has 6 aromatic carbocycles. The van der Waals surface area contributed by atoms with E-state index in [-0.39, 0.29) is 0 Å². The molecule has 0 fully saturated rings. The lowest BCUT2D eigenvalue weighted by atomic mass is 9.99. The molecule has 0 saturated heterocycles. The van der Waals surface area contributed by atoms with Crippen LogP contribution in [0.2, 0.25) is 0 Å². The summed E-state index contributed by atoms with van der Waals surface area (Å²) in [4.78, 5) is 6.91. The molecule has 0 radical (unpaired) electrons. The average molecular weight is 697 g/mol. The van der Waals surface area contributed by atoms with Crippen LogP contribution >= 0.6 is 0 Å². The number of aromatic nitrogens is 3. The molecule has 9 rings (SSSR count). The molecule has 1 aliphatic carbocycles. The molecule has 0 aliphatic heterocycles. The molecule has 0 atom stereocenters. The Balaban J connectivity index is 1.07. The molecular weight excluding hydrogens is 661 g/mol. The van der Waals surface area contributed by atoms with Crippen LogP contribution in [0.1, 0.15) is 12.0 Å². The predicted molar refractivity (Wildman–Crippen MR) is 223 cm³/mol. The van der Waals surface area contributed by atoms with Gasteiger partial charge in [-0.3, -0.25) is 0 Å². The largest absolute Gasteiger partial charge is 0.334 e. The number of hydrogen-bond acceptors (Lipinski definition) is 4. The monoisotopic (exact) mass is 696 g/mol. The van der Waals surface area contributed by atoms with Crippen molar-refractivity contribution in [3.63, 3.8) is 0 Å². The molecule has 0 spiro atoms. The minimum Gasteiger partial charge on any atom is -0.334 e. The third-order valence-corrected chi connectivity index (χ3v) is 9.68. The normalized spacial score (nSPS) is 14.8. The highest BCUT2D eigenvalue weighted by Crippen LogP contribution is 2.38. The highest BCUT2D eigenvalue weighted by molar-refractivity contribution is 6.10. The average Bonchev–Trinajstić information content (AvgIpc) is 3.85. The highest BCUT2D eigenvalue weighted by Gasteiger charge is 2.17. The topological polar surface area (TPSA) is 47.1 Å². The van der Waals surface area contributed by atoms with E-state index >= 15 is 0 Å². The molecule has 258 valence electrons. The molecule has 1 aliphatic rings. The predicted octanol–water partition coefficient (Wildman–Crippen LogP) is 13.0. The lowest BCUT2D eigenvalue weighted by molar-refractivity contribution is 0.432. The van der Waals surface area contributed by atoms with E-state index in [4.69, 9.17) is 4.52 Å². The Morgan fingerprint density at radius 3 is 2.04 bits per heavy atom. The molecule has 0 N–H and O–H groups in total. The van der Waals surface area contributed by atoms with Crippen LogP contribution in [0, 0.1) is 0 Å². The van der Waals surface area contributed by atoms with E-state index in [9.17, 15) is 0 Å². The smallest absolute Gasteiger partial charge is 0.258 e. The Kier molecular flexibility index (Phi) is 8.71. The molecule has 2 aromatic heterocycles. The minimum atomic E-state index is 0.484. The number of anilines is 3. The van der Waals surface area contributed by atoms with E-state index in [0.29, 0.717) is 11.7 Å². The van der Waals surface area contributed by atoms with Gasteiger partial charge in [-0.05, 0) is 108 Å². The van der Waals surface area contributed by atoms with Crippen molar-refractivity contribution in [1.29, 1.82) is 0 Å². The summed E-state index contributed by atoms with van der Waals surface area (Å²) >= 11 is 0.